The average molecular weight is 386 g/mol. The zero-order chi connectivity index (χ0) is 20.1. The van der Waals surface area contributed by atoms with E-state index in [4.69, 9.17) is 9.47 Å². The number of nitrogens with zero attached hydrogens (tertiary/aromatic N) is 5. The second-order valence-electron chi connectivity index (χ2n) is 7.32. The molecule has 1 fully saturated rings. The predicted octanol–water partition coefficient (Wildman–Crippen LogP) is 1.42. The minimum atomic E-state index is -0.538. The van der Waals surface area contributed by atoms with Crippen molar-refractivity contribution in [1.82, 2.24) is 25.3 Å². The second kappa shape index (κ2) is 8.47. The summed E-state index contributed by atoms with van der Waals surface area (Å²) >= 11 is 0. The van der Waals surface area contributed by atoms with Crippen molar-refractivity contribution in [3.8, 4) is 6.01 Å². The monoisotopic (exact) mass is 386 g/mol. The molecule has 2 aromatic rings. The molecule has 0 spiro atoms. The van der Waals surface area contributed by atoms with Crippen LogP contribution in [0.25, 0.3) is 0 Å². The van der Waals surface area contributed by atoms with E-state index in [9.17, 15) is 4.79 Å². The number of carbonyl (C=O) groups excluding carboxylic acids is 1. The minimum Gasteiger partial charge on any atom is -0.467 e. The Bertz CT molecular complexity index is 814. The Morgan fingerprint density at radius 2 is 2.07 bits per heavy atom. The summed E-state index contributed by atoms with van der Waals surface area (Å²) in [6.45, 7) is 8.46. The molecule has 1 amide bonds. The molecule has 0 bridgehead atoms. The van der Waals surface area contributed by atoms with Gasteiger partial charge in [0.15, 0.2) is 0 Å². The van der Waals surface area contributed by atoms with Crippen LogP contribution < -0.4 is 15.0 Å². The summed E-state index contributed by atoms with van der Waals surface area (Å²) in [5.41, 5.74) is 0.838. The van der Waals surface area contributed by atoms with Crippen LogP contribution in [0.15, 0.2) is 24.8 Å². The summed E-state index contributed by atoms with van der Waals surface area (Å²) < 4.78 is 10.9. The molecule has 150 valence electrons. The third kappa shape index (κ3) is 4.72. The van der Waals surface area contributed by atoms with Crippen LogP contribution in [0.3, 0.4) is 0 Å². The van der Waals surface area contributed by atoms with Crippen LogP contribution >= 0.6 is 0 Å². The van der Waals surface area contributed by atoms with Crippen LogP contribution in [0, 0.1) is 0 Å². The highest BCUT2D eigenvalue weighted by molar-refractivity contribution is 5.93. The van der Waals surface area contributed by atoms with E-state index in [0.717, 1.165) is 18.1 Å². The van der Waals surface area contributed by atoms with E-state index in [2.05, 4.69) is 44.0 Å². The third-order valence-electron chi connectivity index (χ3n) is 4.62. The number of hydrogen-bond donors (Lipinski definition) is 1. The number of ether oxygens (including phenoxy) is 2. The van der Waals surface area contributed by atoms with Crippen LogP contribution in [-0.4, -0.2) is 64.8 Å². The lowest BCUT2D eigenvalue weighted by molar-refractivity contribution is -0.0395. The van der Waals surface area contributed by atoms with Gasteiger partial charge in [-0.2, -0.15) is 0 Å². The van der Waals surface area contributed by atoms with E-state index in [1.54, 1.807) is 6.33 Å². The maximum absolute atomic E-state index is 12.4. The summed E-state index contributed by atoms with van der Waals surface area (Å²) in [7, 11) is 1.48. The number of anilines is 1. The first-order valence-electron chi connectivity index (χ1n) is 9.25. The smallest absolute Gasteiger partial charge is 0.316 e. The molecule has 1 unspecified atom stereocenters. The first-order valence-corrected chi connectivity index (χ1v) is 9.25. The van der Waals surface area contributed by atoms with Gasteiger partial charge in [0.1, 0.15) is 17.7 Å². The van der Waals surface area contributed by atoms with Crippen molar-refractivity contribution in [2.75, 3.05) is 38.3 Å². The summed E-state index contributed by atoms with van der Waals surface area (Å²) in [4.78, 5) is 31.2. The fraction of sp³-hybridized carbons (Fsp3) is 0.526. The molecule has 1 aliphatic heterocycles. The SMILES string of the molecule is COc1ncc(C(=O)NCC2(C)CN(c3cc(C(C)C)ncn3)CCO2)cn1. The number of morpholine rings is 1. The number of carbonyl (C=O) groups is 1. The number of nitrogens with one attached hydrogen (secondary N) is 1. The fourth-order valence-corrected chi connectivity index (χ4v) is 2.99. The number of aromatic nitrogens is 4. The Morgan fingerprint density at radius 3 is 2.75 bits per heavy atom. The van der Waals surface area contributed by atoms with Crippen molar-refractivity contribution in [3.63, 3.8) is 0 Å². The van der Waals surface area contributed by atoms with Crippen LogP contribution in [0.5, 0.6) is 6.01 Å². The zero-order valence-electron chi connectivity index (χ0n) is 16.7. The summed E-state index contributed by atoms with van der Waals surface area (Å²) in [5.74, 6) is 0.956. The molecule has 1 aliphatic rings. The van der Waals surface area contributed by atoms with Gasteiger partial charge in [0, 0.05) is 43.8 Å². The first kappa shape index (κ1) is 19.9. The van der Waals surface area contributed by atoms with Crippen LogP contribution in [0.4, 0.5) is 5.82 Å². The Hall–Kier alpha value is -2.81. The van der Waals surface area contributed by atoms with Gasteiger partial charge in [-0.1, -0.05) is 13.8 Å². The first-order chi connectivity index (χ1) is 13.4. The van der Waals surface area contributed by atoms with Crippen LogP contribution in [0.1, 0.15) is 42.7 Å². The Balaban J connectivity index is 1.63. The van der Waals surface area contributed by atoms with Gasteiger partial charge in [0.2, 0.25) is 0 Å². The van der Waals surface area contributed by atoms with Crippen molar-refractivity contribution < 1.29 is 14.3 Å². The molecule has 0 saturated carbocycles. The standard InChI is InChI=1S/C19H26N6O3/c1-13(2)15-7-16(24-12-23-15)25-5-6-28-19(3,11-25)10-22-17(26)14-8-20-18(27-4)21-9-14/h7-9,12-13H,5-6,10-11H2,1-4H3,(H,22,26). The quantitative estimate of drug-likeness (QED) is 0.795. The molecule has 1 atom stereocenters. The van der Waals surface area contributed by atoms with E-state index >= 15 is 0 Å². The van der Waals surface area contributed by atoms with E-state index in [-0.39, 0.29) is 11.9 Å². The van der Waals surface area contributed by atoms with Crippen molar-refractivity contribution in [2.45, 2.75) is 32.3 Å². The molecular formula is C19H26N6O3. The molecule has 2 aromatic heterocycles. The van der Waals surface area contributed by atoms with E-state index in [0.29, 0.717) is 31.2 Å². The van der Waals surface area contributed by atoms with Gasteiger partial charge in [-0.25, -0.2) is 19.9 Å². The lowest BCUT2D eigenvalue weighted by Gasteiger charge is -2.41. The van der Waals surface area contributed by atoms with Gasteiger partial charge in [-0.05, 0) is 12.8 Å². The molecule has 9 nitrogen and oxygen atoms in total. The van der Waals surface area contributed by atoms with Gasteiger partial charge < -0.3 is 19.7 Å². The third-order valence-corrected chi connectivity index (χ3v) is 4.62. The number of hydrogen-bond acceptors (Lipinski definition) is 8. The molecule has 28 heavy (non-hydrogen) atoms. The lowest BCUT2D eigenvalue weighted by Crippen LogP contribution is -2.56. The van der Waals surface area contributed by atoms with Crippen molar-refractivity contribution in [2.24, 2.45) is 0 Å². The molecular weight excluding hydrogens is 360 g/mol. The summed E-state index contributed by atoms with van der Waals surface area (Å²) in [6.07, 6.45) is 4.47. The van der Waals surface area contributed by atoms with Crippen molar-refractivity contribution in [1.29, 1.82) is 0 Å². The molecule has 1 N–H and O–H groups in total. The highest BCUT2D eigenvalue weighted by Crippen LogP contribution is 2.23. The van der Waals surface area contributed by atoms with Crippen molar-refractivity contribution in [3.05, 3.63) is 36.0 Å². The van der Waals surface area contributed by atoms with Crippen LogP contribution in [-0.2, 0) is 4.74 Å². The average Bonchev–Trinajstić information content (AvgIpc) is 2.72. The number of methoxy groups -OCH3 is 1. The highest BCUT2D eigenvalue weighted by atomic mass is 16.5. The molecule has 0 aromatic carbocycles. The van der Waals surface area contributed by atoms with Gasteiger partial charge in [-0.15, -0.1) is 0 Å². The Morgan fingerprint density at radius 1 is 1.32 bits per heavy atom. The predicted molar refractivity (Wildman–Crippen MR) is 104 cm³/mol. The normalized spacial score (nSPS) is 19.5. The minimum absolute atomic E-state index is 0.223. The summed E-state index contributed by atoms with van der Waals surface area (Å²) in [6, 6.07) is 2.24. The van der Waals surface area contributed by atoms with Gasteiger partial charge in [-0.3, -0.25) is 4.79 Å². The van der Waals surface area contributed by atoms with E-state index < -0.39 is 5.60 Å². The summed E-state index contributed by atoms with van der Waals surface area (Å²) in [5, 5.41) is 2.90. The van der Waals surface area contributed by atoms with Gasteiger partial charge >= 0.3 is 6.01 Å². The maximum Gasteiger partial charge on any atom is 0.316 e. The molecule has 3 rings (SSSR count). The molecule has 3 heterocycles. The van der Waals surface area contributed by atoms with Crippen molar-refractivity contribution >= 4 is 11.7 Å². The molecule has 0 aliphatic carbocycles. The number of amides is 1. The van der Waals surface area contributed by atoms with E-state index in [1.807, 2.05) is 13.0 Å². The highest BCUT2D eigenvalue weighted by Gasteiger charge is 2.33. The largest absolute Gasteiger partial charge is 0.467 e. The van der Waals surface area contributed by atoms with Crippen LogP contribution in [0.2, 0.25) is 0 Å². The Kier molecular flexibility index (Phi) is 6.03. The van der Waals surface area contributed by atoms with E-state index in [1.165, 1.54) is 19.5 Å². The molecule has 1 saturated heterocycles. The Labute approximate surface area is 164 Å². The zero-order valence-corrected chi connectivity index (χ0v) is 16.7. The van der Waals surface area contributed by atoms with Gasteiger partial charge in [0.05, 0.1) is 19.3 Å². The topological polar surface area (TPSA) is 102 Å². The van der Waals surface area contributed by atoms with Gasteiger partial charge in [0.25, 0.3) is 5.91 Å². The second-order valence-corrected chi connectivity index (χ2v) is 7.32. The molecule has 0 radical (unpaired) electrons. The number of rotatable bonds is 6. The maximum atomic E-state index is 12.4. The lowest BCUT2D eigenvalue weighted by atomic mass is 10.0. The molecule has 9 heteroatoms. The fourth-order valence-electron chi connectivity index (χ4n) is 2.99.